The van der Waals surface area contributed by atoms with E-state index >= 15 is 0 Å². The van der Waals surface area contributed by atoms with E-state index < -0.39 is 0 Å². The Kier molecular flexibility index (Phi) is 3.28. The fourth-order valence-electron chi connectivity index (χ4n) is 0.738. The first-order valence-electron chi connectivity index (χ1n) is 3.30. The van der Waals surface area contributed by atoms with Crippen molar-refractivity contribution in [3.63, 3.8) is 0 Å². The summed E-state index contributed by atoms with van der Waals surface area (Å²) in [5, 5.41) is 1.17. The van der Waals surface area contributed by atoms with Crippen LogP contribution in [0.3, 0.4) is 0 Å². The third-order valence-electron chi connectivity index (χ3n) is 1.25. The van der Waals surface area contributed by atoms with Crippen molar-refractivity contribution in [2.75, 3.05) is 6.61 Å². The van der Waals surface area contributed by atoms with Crippen molar-refractivity contribution in [1.82, 2.24) is 0 Å². The maximum absolute atomic E-state index is 5.81. The fourth-order valence-corrected chi connectivity index (χ4v) is 1.08. The fraction of sp³-hybridized carbons (Fsp3) is 0.111. The Morgan fingerprint density at radius 1 is 1.42 bits per heavy atom. The molecule has 0 aliphatic carbocycles. The summed E-state index contributed by atoms with van der Waals surface area (Å²) in [5.41, 5.74) is 0. The molecule has 0 bridgehead atoms. The highest BCUT2D eigenvalue weighted by Gasteiger charge is 2.05. The quantitative estimate of drug-likeness (QED) is 0.516. The van der Waals surface area contributed by atoms with Gasteiger partial charge in [-0.1, -0.05) is 23.2 Å². The molecule has 0 saturated heterocycles. The Hall–Kier alpha value is -0.840. The molecule has 3 heteroatoms. The predicted molar refractivity (Wildman–Crippen MR) is 51.8 cm³/mol. The lowest BCUT2D eigenvalue weighted by Gasteiger charge is -2.01. The number of aliphatic hydroxyl groups is 1. The molecule has 0 aromatic heterocycles. The first-order chi connectivity index (χ1) is 5.74. The molecule has 0 radical (unpaired) electrons. The van der Waals surface area contributed by atoms with Crippen LogP contribution in [0, 0.1) is 12.3 Å². The Balaban J connectivity index is 2.84. The third kappa shape index (κ3) is 2.34. The Labute approximate surface area is 81.2 Å². The molecular weight excluding hydrogens is 195 g/mol. The number of hydrogen-bond acceptors (Lipinski definition) is 0. The van der Waals surface area contributed by atoms with Crippen LogP contribution in [0.4, 0.5) is 0 Å². The molecule has 0 heterocycles. The summed E-state index contributed by atoms with van der Waals surface area (Å²) in [6.07, 6.45) is 5.04. The minimum atomic E-state index is 0.320. The molecule has 0 atom stereocenters. The standard InChI is InChI=1S/C9H6Cl2O/c1-2-5-12-9-6-7(10)3-4-8(9)11/h1,3-4,6H,5H2/p+1. The molecule has 0 amide bonds. The minimum absolute atomic E-state index is 0.320. The van der Waals surface area contributed by atoms with Crippen molar-refractivity contribution in [3.8, 4) is 18.1 Å². The molecule has 1 nitrogen and oxygen atoms in total. The molecule has 1 N–H and O–H groups in total. The van der Waals surface area contributed by atoms with Gasteiger partial charge in [-0.05, 0) is 18.1 Å². The van der Waals surface area contributed by atoms with E-state index in [9.17, 15) is 0 Å². The molecule has 12 heavy (non-hydrogen) atoms. The maximum Gasteiger partial charge on any atom is 0.275 e. The average molecular weight is 202 g/mol. The van der Waals surface area contributed by atoms with E-state index in [2.05, 4.69) is 10.7 Å². The SMILES string of the molecule is C#CC[OH+]c1cc(Cl)ccc1Cl. The lowest BCUT2D eigenvalue weighted by atomic mass is 10.3. The van der Waals surface area contributed by atoms with E-state index in [-0.39, 0.29) is 0 Å². The van der Waals surface area contributed by atoms with E-state index in [4.69, 9.17) is 29.6 Å². The van der Waals surface area contributed by atoms with Gasteiger partial charge in [0.2, 0.25) is 6.61 Å². The number of ether oxygens (including phenoxy) is 1. The topological polar surface area (TPSA) is 12.8 Å². The van der Waals surface area contributed by atoms with Crippen LogP contribution >= 0.6 is 23.2 Å². The summed E-state index contributed by atoms with van der Waals surface area (Å²) in [4.78, 5) is 0. The Bertz CT molecular complexity index is 315. The van der Waals surface area contributed by atoms with Crippen LogP contribution in [0.5, 0.6) is 5.75 Å². The zero-order valence-corrected chi connectivity index (χ0v) is 7.73. The van der Waals surface area contributed by atoms with E-state index in [0.717, 1.165) is 0 Å². The minimum Gasteiger partial charge on any atom is -0.573 e. The van der Waals surface area contributed by atoms with Gasteiger partial charge in [-0.2, -0.15) is 0 Å². The lowest BCUT2D eigenvalue weighted by Crippen LogP contribution is -1.89. The molecule has 0 spiro atoms. The Morgan fingerprint density at radius 3 is 2.83 bits per heavy atom. The van der Waals surface area contributed by atoms with Gasteiger partial charge in [0.1, 0.15) is 5.02 Å². The summed E-state index contributed by atoms with van der Waals surface area (Å²) in [7, 11) is 0. The van der Waals surface area contributed by atoms with Crippen molar-refractivity contribution >= 4 is 23.2 Å². The van der Waals surface area contributed by atoms with Crippen LogP contribution in [0.15, 0.2) is 18.2 Å². The van der Waals surface area contributed by atoms with Crippen molar-refractivity contribution in [2.45, 2.75) is 0 Å². The van der Waals surface area contributed by atoms with Crippen molar-refractivity contribution < 1.29 is 4.74 Å². The van der Waals surface area contributed by atoms with Crippen LogP contribution in [-0.2, 0) is 0 Å². The monoisotopic (exact) mass is 201 g/mol. The first-order valence-corrected chi connectivity index (χ1v) is 4.05. The summed E-state index contributed by atoms with van der Waals surface area (Å²) in [6, 6.07) is 5.08. The largest absolute Gasteiger partial charge is 0.573 e. The predicted octanol–water partition coefficient (Wildman–Crippen LogP) is 2.87. The second kappa shape index (κ2) is 4.25. The van der Waals surface area contributed by atoms with E-state index in [0.29, 0.717) is 22.4 Å². The molecule has 1 aromatic carbocycles. The second-order valence-electron chi connectivity index (χ2n) is 2.12. The lowest BCUT2D eigenvalue weighted by molar-refractivity contribution is 0.102. The second-order valence-corrected chi connectivity index (χ2v) is 2.96. The molecule has 0 fully saturated rings. The summed E-state index contributed by atoms with van der Waals surface area (Å²) < 4.78 is 4.03. The number of halogens is 2. The molecule has 1 rings (SSSR count). The number of aromatic hydroxyl groups is 1. The first kappa shape index (κ1) is 9.25. The molecule has 62 valence electrons. The van der Waals surface area contributed by atoms with Crippen LogP contribution < -0.4 is 0 Å². The average Bonchev–Trinajstić information content (AvgIpc) is 2.07. The van der Waals surface area contributed by atoms with Crippen molar-refractivity contribution in [3.05, 3.63) is 28.2 Å². The van der Waals surface area contributed by atoms with Gasteiger partial charge >= 0.3 is 0 Å². The smallest absolute Gasteiger partial charge is 0.275 e. The van der Waals surface area contributed by atoms with Crippen LogP contribution in [-0.4, -0.2) is 11.3 Å². The van der Waals surface area contributed by atoms with Crippen molar-refractivity contribution in [1.29, 1.82) is 0 Å². The molecule has 0 aliphatic heterocycles. The highest BCUT2D eigenvalue weighted by molar-refractivity contribution is 6.34. The number of rotatable bonds is 2. The van der Waals surface area contributed by atoms with Crippen molar-refractivity contribution in [2.24, 2.45) is 0 Å². The number of terminal acetylenes is 1. The summed E-state index contributed by atoms with van der Waals surface area (Å²) in [6.45, 7) is 0.320. The van der Waals surface area contributed by atoms with Gasteiger partial charge in [0.25, 0.3) is 5.75 Å². The van der Waals surface area contributed by atoms with E-state index in [1.165, 1.54) is 0 Å². The third-order valence-corrected chi connectivity index (χ3v) is 1.80. The van der Waals surface area contributed by atoms with Gasteiger partial charge in [0.15, 0.2) is 0 Å². The maximum atomic E-state index is 5.81. The molecule has 0 aliphatic rings. The van der Waals surface area contributed by atoms with Gasteiger partial charge < -0.3 is 4.74 Å². The van der Waals surface area contributed by atoms with E-state index in [1.807, 2.05) is 0 Å². The molecule has 0 saturated carbocycles. The molecule has 1 aromatic rings. The van der Waals surface area contributed by atoms with Gasteiger partial charge in [0, 0.05) is 5.02 Å². The van der Waals surface area contributed by atoms with Gasteiger partial charge in [-0.15, -0.1) is 6.42 Å². The van der Waals surface area contributed by atoms with Gasteiger partial charge in [0.05, 0.1) is 6.07 Å². The highest BCUT2D eigenvalue weighted by Crippen LogP contribution is 2.28. The van der Waals surface area contributed by atoms with E-state index in [1.54, 1.807) is 18.2 Å². The van der Waals surface area contributed by atoms with Crippen LogP contribution in [0.25, 0.3) is 0 Å². The van der Waals surface area contributed by atoms with Crippen LogP contribution in [0.2, 0.25) is 10.0 Å². The number of hydrogen-bond donors (Lipinski definition) is 0. The highest BCUT2D eigenvalue weighted by atomic mass is 35.5. The zero-order valence-electron chi connectivity index (χ0n) is 6.22. The van der Waals surface area contributed by atoms with Gasteiger partial charge in [-0.25, -0.2) is 0 Å². The summed E-state index contributed by atoms with van der Waals surface area (Å²) in [5.74, 6) is 3.04. The molecular formula is C9H7Cl2O+. The number of benzene rings is 1. The van der Waals surface area contributed by atoms with Crippen LogP contribution in [0.1, 0.15) is 0 Å². The summed E-state index contributed by atoms with van der Waals surface area (Å²) >= 11 is 11.5. The zero-order chi connectivity index (χ0) is 8.97. The molecule has 0 unspecified atom stereocenters. The normalized spacial score (nSPS) is 9.08. The van der Waals surface area contributed by atoms with Gasteiger partial charge in [-0.3, -0.25) is 0 Å². The Morgan fingerprint density at radius 2 is 2.17 bits per heavy atom.